The van der Waals surface area contributed by atoms with Gasteiger partial charge in [0, 0.05) is 5.69 Å². The molecule has 0 aliphatic carbocycles. The zero-order valence-electron chi connectivity index (χ0n) is 11.9. The summed E-state index contributed by atoms with van der Waals surface area (Å²) in [5, 5.41) is 3.42. The van der Waals surface area contributed by atoms with Crippen molar-refractivity contribution in [1.29, 1.82) is 0 Å². The Morgan fingerprint density at radius 2 is 1.85 bits per heavy atom. The summed E-state index contributed by atoms with van der Waals surface area (Å²) in [5.41, 5.74) is 3.48. The number of halogens is 1. The molecule has 0 fully saturated rings. The number of anilines is 1. The lowest BCUT2D eigenvalue weighted by atomic mass is 10.0. The monoisotopic (exact) mass is 287 g/mol. The summed E-state index contributed by atoms with van der Waals surface area (Å²) >= 11 is 6.13. The molecule has 0 aromatic heterocycles. The molecule has 20 heavy (non-hydrogen) atoms. The van der Waals surface area contributed by atoms with Crippen LogP contribution >= 0.6 is 11.6 Å². The van der Waals surface area contributed by atoms with Gasteiger partial charge in [0.25, 0.3) is 5.91 Å². The number of amides is 1. The molecule has 0 unspecified atom stereocenters. The summed E-state index contributed by atoms with van der Waals surface area (Å²) < 4.78 is 0. The molecule has 0 aliphatic rings. The SMILES string of the molecule is Cc1ccc(C(=O)Nc2ccccc2C(C)C)c(Cl)c1. The summed E-state index contributed by atoms with van der Waals surface area (Å²) in [6.45, 7) is 6.15. The Kier molecular flexibility index (Phi) is 4.46. The Labute approximate surface area is 124 Å². The standard InChI is InChI=1S/C17H18ClNO/c1-11(2)13-6-4-5-7-16(13)19-17(20)14-9-8-12(3)10-15(14)18/h4-11H,1-3H3,(H,19,20). The van der Waals surface area contributed by atoms with Crippen molar-refractivity contribution in [3.05, 3.63) is 64.2 Å². The first-order valence-corrected chi connectivity index (χ1v) is 7.03. The Morgan fingerprint density at radius 1 is 1.15 bits per heavy atom. The number of aryl methyl sites for hydroxylation is 1. The first kappa shape index (κ1) is 14.6. The van der Waals surface area contributed by atoms with Crippen LogP contribution in [0.3, 0.4) is 0 Å². The number of carbonyl (C=O) groups excluding carboxylic acids is 1. The second-order valence-corrected chi connectivity index (χ2v) is 5.59. The predicted octanol–water partition coefficient (Wildman–Crippen LogP) is 5.02. The smallest absolute Gasteiger partial charge is 0.257 e. The van der Waals surface area contributed by atoms with Crippen molar-refractivity contribution in [2.24, 2.45) is 0 Å². The maximum atomic E-state index is 12.3. The van der Waals surface area contributed by atoms with E-state index in [0.29, 0.717) is 16.5 Å². The third-order valence-electron chi connectivity index (χ3n) is 3.20. The lowest BCUT2D eigenvalue weighted by molar-refractivity contribution is 0.102. The van der Waals surface area contributed by atoms with Gasteiger partial charge in [0.15, 0.2) is 0 Å². The maximum absolute atomic E-state index is 12.3. The van der Waals surface area contributed by atoms with Gasteiger partial charge in [0.05, 0.1) is 10.6 Å². The number of benzene rings is 2. The van der Waals surface area contributed by atoms with E-state index in [0.717, 1.165) is 16.8 Å². The van der Waals surface area contributed by atoms with Crippen LogP contribution in [0.25, 0.3) is 0 Å². The highest BCUT2D eigenvalue weighted by atomic mass is 35.5. The molecule has 0 radical (unpaired) electrons. The lowest BCUT2D eigenvalue weighted by Gasteiger charge is -2.14. The van der Waals surface area contributed by atoms with Gasteiger partial charge < -0.3 is 5.32 Å². The van der Waals surface area contributed by atoms with E-state index < -0.39 is 0 Å². The summed E-state index contributed by atoms with van der Waals surface area (Å²) in [7, 11) is 0. The molecule has 3 heteroatoms. The molecule has 1 N–H and O–H groups in total. The van der Waals surface area contributed by atoms with Gasteiger partial charge in [0.2, 0.25) is 0 Å². The topological polar surface area (TPSA) is 29.1 Å². The fourth-order valence-electron chi connectivity index (χ4n) is 2.11. The Hall–Kier alpha value is -1.80. The van der Waals surface area contributed by atoms with E-state index in [1.807, 2.05) is 37.3 Å². The van der Waals surface area contributed by atoms with Gasteiger partial charge in [-0.15, -0.1) is 0 Å². The van der Waals surface area contributed by atoms with Gasteiger partial charge in [-0.3, -0.25) is 4.79 Å². The average molecular weight is 288 g/mol. The number of rotatable bonds is 3. The zero-order valence-corrected chi connectivity index (χ0v) is 12.7. The molecular formula is C17H18ClNO. The van der Waals surface area contributed by atoms with Crippen molar-refractivity contribution >= 4 is 23.2 Å². The molecule has 0 atom stereocenters. The quantitative estimate of drug-likeness (QED) is 0.843. The largest absolute Gasteiger partial charge is 0.322 e. The predicted molar refractivity (Wildman–Crippen MR) is 84.7 cm³/mol. The third-order valence-corrected chi connectivity index (χ3v) is 3.51. The van der Waals surface area contributed by atoms with E-state index in [9.17, 15) is 4.79 Å². The van der Waals surface area contributed by atoms with Crippen LogP contribution in [0.4, 0.5) is 5.69 Å². The minimum absolute atomic E-state index is 0.178. The highest BCUT2D eigenvalue weighted by Gasteiger charge is 2.13. The first-order chi connectivity index (χ1) is 9.49. The van der Waals surface area contributed by atoms with Gasteiger partial charge in [-0.05, 0) is 42.2 Å². The Balaban J connectivity index is 2.28. The summed E-state index contributed by atoms with van der Waals surface area (Å²) in [5.74, 6) is 0.170. The van der Waals surface area contributed by atoms with Crippen molar-refractivity contribution in [2.45, 2.75) is 26.7 Å². The molecule has 0 saturated heterocycles. The van der Waals surface area contributed by atoms with Crippen LogP contribution in [0.15, 0.2) is 42.5 Å². The van der Waals surface area contributed by atoms with Gasteiger partial charge in [-0.2, -0.15) is 0 Å². The normalized spacial score (nSPS) is 10.7. The molecule has 0 aliphatic heterocycles. The van der Waals surface area contributed by atoms with E-state index >= 15 is 0 Å². The van der Waals surface area contributed by atoms with E-state index in [-0.39, 0.29) is 5.91 Å². The van der Waals surface area contributed by atoms with Crippen LogP contribution in [-0.4, -0.2) is 5.91 Å². The molecular weight excluding hydrogens is 270 g/mol. The number of hydrogen-bond donors (Lipinski definition) is 1. The second-order valence-electron chi connectivity index (χ2n) is 5.18. The van der Waals surface area contributed by atoms with Crippen LogP contribution < -0.4 is 5.32 Å². The zero-order chi connectivity index (χ0) is 14.7. The van der Waals surface area contributed by atoms with E-state index in [1.54, 1.807) is 12.1 Å². The molecule has 0 bridgehead atoms. The molecule has 1 amide bonds. The van der Waals surface area contributed by atoms with Crippen LogP contribution in [0.1, 0.15) is 41.3 Å². The first-order valence-electron chi connectivity index (χ1n) is 6.65. The van der Waals surface area contributed by atoms with Crippen molar-refractivity contribution in [2.75, 3.05) is 5.32 Å². The molecule has 0 spiro atoms. The fraction of sp³-hybridized carbons (Fsp3) is 0.235. The number of carbonyl (C=O) groups is 1. The van der Waals surface area contributed by atoms with Crippen molar-refractivity contribution in [3.63, 3.8) is 0 Å². The Bertz CT molecular complexity index is 635. The van der Waals surface area contributed by atoms with Crippen molar-refractivity contribution < 1.29 is 4.79 Å². The van der Waals surface area contributed by atoms with E-state index in [4.69, 9.17) is 11.6 Å². The third kappa shape index (κ3) is 3.20. The highest BCUT2D eigenvalue weighted by molar-refractivity contribution is 6.34. The van der Waals surface area contributed by atoms with Gasteiger partial charge >= 0.3 is 0 Å². The molecule has 0 saturated carbocycles. The number of nitrogens with one attached hydrogen (secondary N) is 1. The molecule has 2 aromatic rings. The molecule has 2 nitrogen and oxygen atoms in total. The van der Waals surface area contributed by atoms with Gasteiger partial charge in [0.1, 0.15) is 0 Å². The highest BCUT2D eigenvalue weighted by Crippen LogP contribution is 2.25. The minimum Gasteiger partial charge on any atom is -0.322 e. The fourth-order valence-corrected chi connectivity index (χ4v) is 2.43. The second kappa shape index (κ2) is 6.10. The van der Waals surface area contributed by atoms with E-state index in [1.165, 1.54) is 0 Å². The van der Waals surface area contributed by atoms with Gasteiger partial charge in [-0.25, -0.2) is 0 Å². The van der Waals surface area contributed by atoms with Crippen molar-refractivity contribution in [3.8, 4) is 0 Å². The van der Waals surface area contributed by atoms with Crippen LogP contribution in [0, 0.1) is 6.92 Å². The Morgan fingerprint density at radius 3 is 2.50 bits per heavy atom. The number of hydrogen-bond acceptors (Lipinski definition) is 1. The maximum Gasteiger partial charge on any atom is 0.257 e. The van der Waals surface area contributed by atoms with Crippen molar-refractivity contribution in [1.82, 2.24) is 0 Å². The molecule has 2 rings (SSSR count). The summed E-state index contributed by atoms with van der Waals surface area (Å²) in [6.07, 6.45) is 0. The van der Waals surface area contributed by atoms with Crippen LogP contribution in [-0.2, 0) is 0 Å². The summed E-state index contributed by atoms with van der Waals surface area (Å²) in [6, 6.07) is 13.3. The van der Waals surface area contributed by atoms with Gasteiger partial charge in [-0.1, -0.05) is 49.7 Å². The molecule has 104 valence electrons. The number of para-hydroxylation sites is 1. The van der Waals surface area contributed by atoms with Crippen LogP contribution in [0.5, 0.6) is 0 Å². The minimum atomic E-state index is -0.178. The summed E-state index contributed by atoms with van der Waals surface area (Å²) in [4.78, 5) is 12.3. The van der Waals surface area contributed by atoms with Crippen LogP contribution in [0.2, 0.25) is 5.02 Å². The average Bonchev–Trinajstić information content (AvgIpc) is 2.38. The lowest BCUT2D eigenvalue weighted by Crippen LogP contribution is -2.14. The van der Waals surface area contributed by atoms with E-state index in [2.05, 4.69) is 19.2 Å². The molecule has 0 heterocycles. The molecule has 2 aromatic carbocycles.